The first-order valence-electron chi connectivity index (χ1n) is 11.6. The third-order valence-electron chi connectivity index (χ3n) is 7.27. The van der Waals surface area contributed by atoms with Crippen molar-refractivity contribution in [3.05, 3.63) is 47.7 Å². The van der Waals surface area contributed by atoms with Gasteiger partial charge in [-0.15, -0.1) is 0 Å². The van der Waals surface area contributed by atoms with Gasteiger partial charge in [-0.2, -0.15) is 0 Å². The van der Waals surface area contributed by atoms with Crippen LogP contribution >= 0.6 is 0 Å². The number of piperidine rings is 1. The Morgan fingerprint density at radius 1 is 0.926 bits per heavy atom. The molecule has 1 aromatic rings. The molecule has 2 nitrogen and oxygen atoms in total. The summed E-state index contributed by atoms with van der Waals surface area (Å²) in [6, 6.07) is 11.8. The van der Waals surface area contributed by atoms with E-state index in [1.807, 2.05) is 0 Å². The molecule has 4 rings (SSSR count). The second-order valence-corrected chi connectivity index (χ2v) is 9.11. The maximum absolute atomic E-state index is 2.85. The van der Waals surface area contributed by atoms with Crippen LogP contribution in [0.3, 0.4) is 0 Å². The van der Waals surface area contributed by atoms with Gasteiger partial charge in [-0.25, -0.2) is 0 Å². The fraction of sp³-hybridized carbons (Fsp3) is 0.680. The molecule has 27 heavy (non-hydrogen) atoms. The van der Waals surface area contributed by atoms with Gasteiger partial charge in [0.1, 0.15) is 0 Å². The van der Waals surface area contributed by atoms with Crippen LogP contribution in [0, 0.1) is 11.8 Å². The Morgan fingerprint density at radius 2 is 1.67 bits per heavy atom. The molecule has 2 heterocycles. The number of likely N-dealkylation sites (tertiary alicyclic amines) is 2. The van der Waals surface area contributed by atoms with Crippen LogP contribution in [-0.4, -0.2) is 35.5 Å². The largest absolute Gasteiger partial charge is 0.372 e. The van der Waals surface area contributed by atoms with Gasteiger partial charge < -0.3 is 4.90 Å². The third kappa shape index (κ3) is 4.77. The lowest BCUT2D eigenvalue weighted by Gasteiger charge is -2.39. The number of rotatable bonds is 5. The van der Waals surface area contributed by atoms with E-state index in [-0.39, 0.29) is 0 Å². The maximum atomic E-state index is 2.85. The van der Waals surface area contributed by atoms with Crippen molar-refractivity contribution < 1.29 is 0 Å². The number of hydrogen-bond acceptors (Lipinski definition) is 2. The summed E-state index contributed by atoms with van der Waals surface area (Å²) in [7, 11) is 0. The van der Waals surface area contributed by atoms with Gasteiger partial charge in [-0.1, -0.05) is 75.4 Å². The first kappa shape index (κ1) is 19.1. The van der Waals surface area contributed by atoms with Crippen LogP contribution in [0.15, 0.2) is 42.1 Å². The SMILES string of the molecule is CC/C=C1\CC(C2CCCCC2)CN1C1CCN(Cc2ccccc2)CC1. The first-order valence-corrected chi connectivity index (χ1v) is 11.6. The van der Waals surface area contributed by atoms with Gasteiger partial charge in [0.05, 0.1) is 0 Å². The minimum atomic E-state index is 0.781. The van der Waals surface area contributed by atoms with Crippen molar-refractivity contribution in [2.45, 2.75) is 77.3 Å². The van der Waals surface area contributed by atoms with Crippen molar-refractivity contribution in [3.63, 3.8) is 0 Å². The van der Waals surface area contributed by atoms with E-state index in [4.69, 9.17) is 0 Å². The Morgan fingerprint density at radius 3 is 2.37 bits per heavy atom. The zero-order valence-corrected chi connectivity index (χ0v) is 17.3. The van der Waals surface area contributed by atoms with Crippen molar-refractivity contribution in [1.82, 2.24) is 9.80 Å². The summed E-state index contributed by atoms with van der Waals surface area (Å²) in [5, 5.41) is 0. The lowest BCUT2D eigenvalue weighted by Crippen LogP contribution is -2.43. The Kier molecular flexibility index (Phi) is 6.55. The van der Waals surface area contributed by atoms with E-state index in [0.717, 1.165) is 24.4 Å². The van der Waals surface area contributed by atoms with Gasteiger partial charge in [-0.3, -0.25) is 4.90 Å². The number of allylic oxidation sites excluding steroid dienone is 2. The zero-order chi connectivity index (χ0) is 18.5. The van der Waals surface area contributed by atoms with E-state index in [1.165, 1.54) is 83.0 Å². The van der Waals surface area contributed by atoms with Crippen LogP contribution in [-0.2, 0) is 6.54 Å². The molecule has 1 aromatic carbocycles. The minimum absolute atomic E-state index is 0.781. The van der Waals surface area contributed by atoms with Gasteiger partial charge in [0.25, 0.3) is 0 Å². The van der Waals surface area contributed by atoms with E-state index in [1.54, 1.807) is 5.70 Å². The first-order chi connectivity index (χ1) is 13.3. The van der Waals surface area contributed by atoms with Crippen molar-refractivity contribution >= 4 is 0 Å². The molecule has 0 radical (unpaired) electrons. The highest BCUT2D eigenvalue weighted by Crippen LogP contribution is 2.41. The Bertz CT molecular complexity index is 594. The number of nitrogens with zero attached hydrogens (tertiary/aromatic N) is 2. The van der Waals surface area contributed by atoms with E-state index in [9.17, 15) is 0 Å². The molecule has 2 heteroatoms. The molecular weight excluding hydrogens is 328 g/mol. The lowest BCUT2D eigenvalue weighted by molar-refractivity contribution is 0.128. The zero-order valence-electron chi connectivity index (χ0n) is 17.3. The van der Waals surface area contributed by atoms with Crippen LogP contribution in [0.2, 0.25) is 0 Å². The molecule has 1 aliphatic carbocycles. The third-order valence-corrected chi connectivity index (χ3v) is 7.27. The summed E-state index contributed by atoms with van der Waals surface area (Å²) in [4.78, 5) is 5.51. The van der Waals surface area contributed by atoms with Crippen LogP contribution < -0.4 is 0 Å². The van der Waals surface area contributed by atoms with Crippen LogP contribution in [0.25, 0.3) is 0 Å². The predicted molar refractivity (Wildman–Crippen MR) is 115 cm³/mol. The molecular formula is C25H38N2. The summed E-state index contributed by atoms with van der Waals surface area (Å²) in [5.74, 6) is 1.94. The van der Waals surface area contributed by atoms with Crippen molar-refractivity contribution in [1.29, 1.82) is 0 Å². The fourth-order valence-corrected chi connectivity index (χ4v) is 5.79. The monoisotopic (exact) mass is 366 g/mol. The van der Waals surface area contributed by atoms with Crippen molar-refractivity contribution in [3.8, 4) is 0 Å². The molecule has 3 fully saturated rings. The van der Waals surface area contributed by atoms with Gasteiger partial charge in [0.15, 0.2) is 0 Å². The molecule has 0 bridgehead atoms. The molecule has 148 valence electrons. The molecule has 2 aliphatic heterocycles. The van der Waals surface area contributed by atoms with Crippen molar-refractivity contribution in [2.75, 3.05) is 19.6 Å². The molecule has 1 saturated carbocycles. The smallest absolute Gasteiger partial charge is 0.0311 e. The number of benzene rings is 1. The average molecular weight is 367 g/mol. The van der Waals surface area contributed by atoms with Gasteiger partial charge >= 0.3 is 0 Å². The average Bonchev–Trinajstić information content (AvgIpc) is 3.14. The van der Waals surface area contributed by atoms with Crippen LogP contribution in [0.4, 0.5) is 0 Å². The van der Waals surface area contributed by atoms with E-state index < -0.39 is 0 Å². The quantitative estimate of drug-likeness (QED) is 0.645. The highest BCUT2D eigenvalue weighted by Gasteiger charge is 2.36. The molecule has 0 amide bonds. The van der Waals surface area contributed by atoms with Crippen LogP contribution in [0.5, 0.6) is 0 Å². The molecule has 0 aromatic heterocycles. The highest BCUT2D eigenvalue weighted by molar-refractivity contribution is 5.15. The van der Waals surface area contributed by atoms with Gasteiger partial charge in [-0.05, 0) is 43.1 Å². The van der Waals surface area contributed by atoms with Gasteiger partial charge in [0, 0.05) is 37.9 Å². The summed E-state index contributed by atoms with van der Waals surface area (Å²) < 4.78 is 0. The van der Waals surface area contributed by atoms with E-state index >= 15 is 0 Å². The molecule has 2 saturated heterocycles. The second-order valence-electron chi connectivity index (χ2n) is 9.11. The Balaban J connectivity index is 1.34. The minimum Gasteiger partial charge on any atom is -0.372 e. The van der Waals surface area contributed by atoms with Crippen molar-refractivity contribution in [2.24, 2.45) is 11.8 Å². The summed E-state index contributed by atoms with van der Waals surface area (Å²) in [5.41, 5.74) is 3.15. The second kappa shape index (κ2) is 9.28. The molecule has 1 unspecified atom stereocenters. The summed E-state index contributed by atoms with van der Waals surface area (Å²) in [6.45, 7) is 7.28. The Labute approximate surface area is 166 Å². The molecule has 0 N–H and O–H groups in total. The maximum Gasteiger partial charge on any atom is 0.0311 e. The molecule has 0 spiro atoms. The van der Waals surface area contributed by atoms with E-state index in [2.05, 4.69) is 53.1 Å². The standard InChI is InChI=1S/C25H38N2/c1-2-9-25-18-23(22-12-7-4-8-13-22)20-27(25)24-14-16-26(17-15-24)19-21-10-5-3-6-11-21/h3,5-6,9-11,22-24H,2,4,7-8,12-20H2,1H3/b25-9+. The number of hydrogen-bond donors (Lipinski definition) is 0. The topological polar surface area (TPSA) is 6.48 Å². The normalized spacial score (nSPS) is 27.5. The summed E-state index contributed by atoms with van der Waals surface area (Å²) in [6.07, 6.45) is 15.2. The predicted octanol–water partition coefficient (Wildman–Crippen LogP) is 5.85. The molecule has 3 aliphatic rings. The highest BCUT2D eigenvalue weighted by atomic mass is 15.2. The Hall–Kier alpha value is -1.28. The fourth-order valence-electron chi connectivity index (χ4n) is 5.79. The molecule has 1 atom stereocenters. The summed E-state index contributed by atoms with van der Waals surface area (Å²) >= 11 is 0. The van der Waals surface area contributed by atoms with Crippen LogP contribution in [0.1, 0.15) is 70.3 Å². The van der Waals surface area contributed by atoms with E-state index in [0.29, 0.717) is 0 Å². The lowest BCUT2D eigenvalue weighted by atomic mass is 9.79. The van der Waals surface area contributed by atoms with Gasteiger partial charge in [0.2, 0.25) is 0 Å².